The Kier molecular flexibility index (Phi) is 16.8. The zero-order chi connectivity index (χ0) is 39.9. The van der Waals surface area contributed by atoms with Gasteiger partial charge in [-0.15, -0.1) is 0 Å². The van der Waals surface area contributed by atoms with Crippen molar-refractivity contribution in [1.82, 2.24) is 19.2 Å². The van der Waals surface area contributed by atoms with E-state index in [2.05, 4.69) is 15.3 Å². The normalized spacial score (nSPS) is 12.2. The van der Waals surface area contributed by atoms with Crippen molar-refractivity contribution in [3.8, 4) is 17.0 Å². The molecular weight excluding hydrogens is 717 g/mol. The summed E-state index contributed by atoms with van der Waals surface area (Å²) in [6.45, 7) is 14.4. The zero-order valence-electron chi connectivity index (χ0n) is 32.5. The number of carbonyl (C=O) groups is 3. The van der Waals surface area contributed by atoms with E-state index in [0.717, 1.165) is 5.56 Å². The SMILES string of the molecule is Cc1nc(-c2ccc(S(=O)N(CCOCCOCCOc3c(CN(C)C(=O)OC(C)(C)C)cccc3NC=O)CCC(=O)OC(C)(C)C)cc2)cnc1N. The summed E-state index contributed by atoms with van der Waals surface area (Å²) in [5.41, 5.74) is 7.73. The second kappa shape index (κ2) is 20.7. The Morgan fingerprint density at radius 2 is 1.56 bits per heavy atom. The van der Waals surface area contributed by atoms with Crippen molar-refractivity contribution >= 4 is 41.0 Å². The van der Waals surface area contributed by atoms with Crippen LogP contribution in [-0.2, 0) is 46.1 Å². The van der Waals surface area contributed by atoms with Crippen LogP contribution in [0.5, 0.6) is 5.75 Å². The van der Waals surface area contributed by atoms with E-state index in [0.29, 0.717) is 45.5 Å². The maximum atomic E-state index is 13.7. The van der Waals surface area contributed by atoms with Crippen molar-refractivity contribution < 1.29 is 42.3 Å². The van der Waals surface area contributed by atoms with E-state index in [1.165, 1.54) is 4.90 Å². The zero-order valence-corrected chi connectivity index (χ0v) is 33.3. The molecule has 16 heteroatoms. The first-order valence-electron chi connectivity index (χ1n) is 17.6. The fraction of sp³-hybridized carbons (Fsp3) is 0.500. The van der Waals surface area contributed by atoms with Gasteiger partial charge in [0, 0.05) is 31.3 Å². The lowest BCUT2D eigenvalue weighted by molar-refractivity contribution is -0.154. The summed E-state index contributed by atoms with van der Waals surface area (Å²) >= 11 is 0. The number of hydrogen-bond donors (Lipinski definition) is 2. The number of rotatable bonds is 20. The average molecular weight is 771 g/mol. The number of esters is 1. The predicted octanol–water partition coefficient (Wildman–Crippen LogP) is 5.14. The molecule has 2 aromatic carbocycles. The number of aromatic nitrogens is 2. The van der Waals surface area contributed by atoms with Crippen LogP contribution < -0.4 is 15.8 Å². The molecular formula is C38H54N6O9S. The lowest BCUT2D eigenvalue weighted by atomic mass is 10.1. The van der Waals surface area contributed by atoms with Crippen LogP contribution in [0.4, 0.5) is 16.3 Å². The van der Waals surface area contributed by atoms with Gasteiger partial charge in [0.25, 0.3) is 0 Å². The van der Waals surface area contributed by atoms with Crippen molar-refractivity contribution in [3.05, 3.63) is 59.9 Å². The molecule has 1 heterocycles. The first-order chi connectivity index (χ1) is 25.5. The van der Waals surface area contributed by atoms with Gasteiger partial charge < -0.3 is 39.6 Å². The van der Waals surface area contributed by atoms with Gasteiger partial charge in [-0.05, 0) is 66.7 Å². The van der Waals surface area contributed by atoms with Gasteiger partial charge in [0.15, 0.2) is 0 Å². The van der Waals surface area contributed by atoms with E-state index in [4.69, 9.17) is 29.4 Å². The Bertz CT molecular complexity index is 1710. The summed E-state index contributed by atoms with van der Waals surface area (Å²) < 4.78 is 43.7. The molecule has 296 valence electrons. The van der Waals surface area contributed by atoms with Crippen LogP contribution in [0.2, 0.25) is 0 Å². The van der Waals surface area contributed by atoms with Crippen LogP contribution in [-0.4, -0.2) is 106 Å². The van der Waals surface area contributed by atoms with Gasteiger partial charge in [-0.3, -0.25) is 9.59 Å². The van der Waals surface area contributed by atoms with Gasteiger partial charge in [0.05, 0.1) is 67.6 Å². The minimum absolute atomic E-state index is 0.0506. The molecule has 1 atom stereocenters. The molecule has 3 N–H and O–H groups in total. The van der Waals surface area contributed by atoms with Crippen molar-refractivity contribution in [2.75, 3.05) is 64.2 Å². The largest absolute Gasteiger partial charge is 0.489 e. The Morgan fingerprint density at radius 1 is 0.907 bits per heavy atom. The Hall–Kier alpha value is -4.64. The molecule has 2 amide bonds. The van der Waals surface area contributed by atoms with Crippen LogP contribution in [0, 0.1) is 6.92 Å². The molecule has 15 nitrogen and oxygen atoms in total. The number of para-hydroxylation sites is 1. The third kappa shape index (κ3) is 15.0. The predicted molar refractivity (Wildman–Crippen MR) is 206 cm³/mol. The fourth-order valence-corrected chi connectivity index (χ4v) is 5.98. The number of amides is 2. The first-order valence-corrected chi connectivity index (χ1v) is 18.7. The van der Waals surface area contributed by atoms with Crippen molar-refractivity contribution in [2.45, 2.75) is 77.5 Å². The smallest absolute Gasteiger partial charge is 0.410 e. The van der Waals surface area contributed by atoms with Crippen LogP contribution in [0.1, 0.15) is 59.2 Å². The number of ether oxygens (including phenoxy) is 5. The summed E-state index contributed by atoms with van der Waals surface area (Å²) in [4.78, 5) is 46.9. The molecule has 0 saturated heterocycles. The third-order valence-corrected chi connectivity index (χ3v) is 8.82. The highest BCUT2D eigenvalue weighted by Crippen LogP contribution is 2.30. The molecule has 0 aliphatic carbocycles. The van der Waals surface area contributed by atoms with Crippen LogP contribution >= 0.6 is 0 Å². The molecule has 1 aromatic heterocycles. The number of nitrogens with one attached hydrogen (secondary N) is 1. The van der Waals surface area contributed by atoms with Crippen molar-refractivity contribution in [3.63, 3.8) is 0 Å². The fourth-order valence-electron chi connectivity index (χ4n) is 4.82. The van der Waals surface area contributed by atoms with Crippen LogP contribution in [0.3, 0.4) is 0 Å². The Labute approximate surface area is 320 Å². The van der Waals surface area contributed by atoms with Crippen LogP contribution in [0.15, 0.2) is 53.6 Å². The Balaban J connectivity index is 1.51. The van der Waals surface area contributed by atoms with E-state index >= 15 is 0 Å². The summed E-state index contributed by atoms with van der Waals surface area (Å²) in [6.07, 6.45) is 1.71. The van der Waals surface area contributed by atoms with E-state index in [-0.39, 0.29) is 65.1 Å². The number of nitrogen functional groups attached to an aromatic ring is 1. The van der Waals surface area contributed by atoms with Gasteiger partial charge in [-0.1, -0.05) is 24.3 Å². The minimum atomic E-state index is -1.59. The molecule has 0 bridgehead atoms. The molecule has 0 saturated carbocycles. The van der Waals surface area contributed by atoms with Gasteiger partial charge in [-0.25, -0.2) is 23.3 Å². The maximum absolute atomic E-state index is 13.7. The summed E-state index contributed by atoms with van der Waals surface area (Å²) in [5.74, 6) is 0.395. The van der Waals surface area contributed by atoms with Crippen LogP contribution in [0.25, 0.3) is 11.3 Å². The van der Waals surface area contributed by atoms with Crippen molar-refractivity contribution in [2.24, 2.45) is 0 Å². The number of hydrogen-bond acceptors (Lipinski definition) is 12. The molecule has 3 rings (SSSR count). The summed E-state index contributed by atoms with van der Waals surface area (Å²) in [5, 5.41) is 2.64. The molecule has 1 unspecified atom stereocenters. The Morgan fingerprint density at radius 3 is 2.19 bits per heavy atom. The van der Waals surface area contributed by atoms with E-state index in [1.54, 1.807) is 96.3 Å². The van der Waals surface area contributed by atoms with E-state index in [1.807, 2.05) is 12.1 Å². The highest BCUT2D eigenvalue weighted by molar-refractivity contribution is 7.82. The topological polar surface area (TPSA) is 185 Å². The lowest BCUT2D eigenvalue weighted by Crippen LogP contribution is -2.34. The molecule has 0 spiro atoms. The standard InChI is InChI=1S/C38H54N6O9S/c1-27-35(39)40-24-32(42-27)28-12-14-30(15-13-28)54(48)44(17-16-33(46)52-37(2,3)4)18-19-49-20-21-50-22-23-51-34-29(10-9-11-31(34)41-26-45)25-43(8)36(47)53-38(5,6)7/h9-15,24,26H,16-23,25H2,1-8H3,(H2,39,40)(H,41,45). The maximum Gasteiger partial charge on any atom is 0.410 e. The molecule has 0 radical (unpaired) electrons. The molecule has 54 heavy (non-hydrogen) atoms. The van der Waals surface area contributed by atoms with Gasteiger partial charge >= 0.3 is 12.1 Å². The van der Waals surface area contributed by atoms with Crippen molar-refractivity contribution in [1.29, 1.82) is 0 Å². The van der Waals surface area contributed by atoms with E-state index in [9.17, 15) is 18.6 Å². The lowest BCUT2D eigenvalue weighted by Gasteiger charge is -2.25. The van der Waals surface area contributed by atoms with Gasteiger partial charge in [0.1, 0.15) is 40.4 Å². The van der Waals surface area contributed by atoms with Gasteiger partial charge in [0.2, 0.25) is 6.41 Å². The summed E-state index contributed by atoms with van der Waals surface area (Å²) in [7, 11) is 0.0268. The second-order valence-electron chi connectivity index (χ2n) is 14.2. The molecule has 3 aromatic rings. The first kappa shape index (κ1) is 43.8. The van der Waals surface area contributed by atoms with E-state index < -0.39 is 28.3 Å². The number of carbonyl (C=O) groups excluding carboxylic acids is 3. The average Bonchev–Trinajstić information content (AvgIpc) is 3.09. The van der Waals surface area contributed by atoms with Gasteiger partial charge in [-0.2, -0.15) is 0 Å². The molecule has 0 aliphatic rings. The monoisotopic (exact) mass is 770 g/mol. The number of nitrogens with zero attached hydrogens (tertiary/aromatic N) is 4. The summed E-state index contributed by atoms with van der Waals surface area (Å²) in [6, 6.07) is 12.4. The highest BCUT2D eigenvalue weighted by atomic mass is 32.2. The number of nitrogens with two attached hydrogens (primary N) is 1. The highest BCUT2D eigenvalue weighted by Gasteiger charge is 2.23. The molecule has 0 aliphatic heterocycles. The number of aryl methyl sites for hydroxylation is 1. The quantitative estimate of drug-likeness (QED) is 0.0878. The second-order valence-corrected chi connectivity index (χ2v) is 15.7. The number of anilines is 2. The minimum Gasteiger partial charge on any atom is -0.489 e. The molecule has 0 fully saturated rings. The number of benzene rings is 2. The third-order valence-electron chi connectivity index (χ3n) is 7.31.